The summed E-state index contributed by atoms with van der Waals surface area (Å²) in [7, 11) is -3.64. The highest BCUT2D eigenvalue weighted by molar-refractivity contribution is 7.89. The molecule has 2 heterocycles. The number of aromatic nitrogens is 2. The second-order valence-electron chi connectivity index (χ2n) is 5.01. The van der Waals surface area contributed by atoms with Crippen molar-refractivity contribution >= 4 is 21.6 Å². The van der Waals surface area contributed by atoms with Crippen molar-refractivity contribution in [3.63, 3.8) is 0 Å². The van der Waals surface area contributed by atoms with E-state index in [1.807, 2.05) is 12.3 Å². The lowest BCUT2D eigenvalue weighted by atomic mass is 10.2. The third-order valence-corrected chi connectivity index (χ3v) is 5.10. The SMILES string of the molecule is O=S(=O)(NCCCn1cccn1)c1cc(Cl)cc2c1OCC2. The van der Waals surface area contributed by atoms with Crippen LogP contribution in [0.1, 0.15) is 12.0 Å². The van der Waals surface area contributed by atoms with E-state index >= 15 is 0 Å². The number of rotatable bonds is 6. The third kappa shape index (κ3) is 3.26. The van der Waals surface area contributed by atoms with Crippen LogP contribution in [0.3, 0.4) is 0 Å². The zero-order chi connectivity index (χ0) is 15.6. The Hall–Kier alpha value is -1.57. The van der Waals surface area contributed by atoms with Crippen LogP contribution in [0.4, 0.5) is 0 Å². The number of nitrogens with one attached hydrogen (secondary N) is 1. The van der Waals surface area contributed by atoms with Crippen LogP contribution in [0.2, 0.25) is 5.02 Å². The Bertz CT molecular complexity index is 760. The fourth-order valence-corrected chi connectivity index (χ4v) is 3.98. The average molecular weight is 342 g/mol. The van der Waals surface area contributed by atoms with Crippen molar-refractivity contribution < 1.29 is 13.2 Å². The Kier molecular flexibility index (Phi) is 4.37. The number of benzene rings is 1. The van der Waals surface area contributed by atoms with Gasteiger partial charge in [-0.05, 0) is 24.6 Å². The maximum absolute atomic E-state index is 12.4. The van der Waals surface area contributed by atoms with E-state index < -0.39 is 10.0 Å². The zero-order valence-electron chi connectivity index (χ0n) is 11.8. The van der Waals surface area contributed by atoms with Gasteiger partial charge in [0.2, 0.25) is 10.0 Å². The van der Waals surface area contributed by atoms with Gasteiger partial charge in [0.25, 0.3) is 0 Å². The monoisotopic (exact) mass is 341 g/mol. The Labute approximate surface area is 134 Å². The number of aryl methyl sites for hydroxylation is 1. The fraction of sp³-hybridized carbons (Fsp3) is 0.357. The number of hydrogen-bond acceptors (Lipinski definition) is 4. The molecule has 0 fully saturated rings. The normalized spacial score (nSPS) is 13.9. The maximum atomic E-state index is 12.4. The minimum Gasteiger partial charge on any atom is -0.492 e. The molecule has 1 aliphatic rings. The summed E-state index contributed by atoms with van der Waals surface area (Å²) in [5, 5.41) is 4.47. The van der Waals surface area contributed by atoms with Crippen LogP contribution in [0.15, 0.2) is 35.5 Å². The molecule has 0 saturated heterocycles. The quantitative estimate of drug-likeness (QED) is 0.814. The lowest BCUT2D eigenvalue weighted by molar-refractivity contribution is 0.348. The summed E-state index contributed by atoms with van der Waals surface area (Å²) < 4.78 is 34.7. The minimum absolute atomic E-state index is 0.117. The van der Waals surface area contributed by atoms with E-state index in [0.29, 0.717) is 43.3 Å². The molecule has 0 bridgehead atoms. The first-order valence-corrected chi connectivity index (χ1v) is 8.85. The molecule has 1 aromatic carbocycles. The van der Waals surface area contributed by atoms with Crippen LogP contribution in [0.5, 0.6) is 5.75 Å². The van der Waals surface area contributed by atoms with Gasteiger partial charge < -0.3 is 4.74 Å². The smallest absolute Gasteiger partial charge is 0.244 e. The summed E-state index contributed by atoms with van der Waals surface area (Å²) in [6.45, 7) is 1.46. The van der Waals surface area contributed by atoms with E-state index in [1.165, 1.54) is 6.07 Å². The molecule has 1 aliphatic heterocycles. The van der Waals surface area contributed by atoms with Crippen LogP contribution < -0.4 is 9.46 Å². The van der Waals surface area contributed by atoms with E-state index in [9.17, 15) is 8.42 Å². The summed E-state index contributed by atoms with van der Waals surface area (Å²) in [6.07, 6.45) is 4.85. The summed E-state index contributed by atoms with van der Waals surface area (Å²) in [6, 6.07) is 5.01. The summed E-state index contributed by atoms with van der Waals surface area (Å²) in [4.78, 5) is 0.117. The van der Waals surface area contributed by atoms with E-state index in [1.54, 1.807) is 16.9 Å². The zero-order valence-corrected chi connectivity index (χ0v) is 13.4. The van der Waals surface area contributed by atoms with Crippen molar-refractivity contribution in [3.8, 4) is 5.75 Å². The molecule has 0 amide bonds. The van der Waals surface area contributed by atoms with Gasteiger partial charge in [0.05, 0.1) is 6.61 Å². The highest BCUT2D eigenvalue weighted by Crippen LogP contribution is 2.35. The van der Waals surface area contributed by atoms with Gasteiger partial charge in [-0.15, -0.1) is 0 Å². The molecular formula is C14H16ClN3O3S. The van der Waals surface area contributed by atoms with Crippen molar-refractivity contribution in [2.24, 2.45) is 0 Å². The molecular weight excluding hydrogens is 326 g/mol. The number of nitrogens with zero attached hydrogens (tertiary/aromatic N) is 2. The molecule has 22 heavy (non-hydrogen) atoms. The number of ether oxygens (including phenoxy) is 1. The minimum atomic E-state index is -3.64. The molecule has 1 aromatic heterocycles. The van der Waals surface area contributed by atoms with Crippen molar-refractivity contribution in [1.82, 2.24) is 14.5 Å². The number of fused-ring (bicyclic) bond motifs is 1. The largest absolute Gasteiger partial charge is 0.492 e. The molecule has 0 atom stereocenters. The van der Waals surface area contributed by atoms with E-state index in [-0.39, 0.29) is 4.90 Å². The highest BCUT2D eigenvalue weighted by Gasteiger charge is 2.26. The fourth-order valence-electron chi connectivity index (χ4n) is 2.39. The summed E-state index contributed by atoms with van der Waals surface area (Å²) in [5.41, 5.74) is 0.837. The van der Waals surface area contributed by atoms with Crippen molar-refractivity contribution in [2.75, 3.05) is 13.2 Å². The van der Waals surface area contributed by atoms with Gasteiger partial charge >= 0.3 is 0 Å². The summed E-state index contributed by atoms with van der Waals surface area (Å²) in [5.74, 6) is 0.420. The van der Waals surface area contributed by atoms with Crippen molar-refractivity contribution in [3.05, 3.63) is 41.2 Å². The van der Waals surface area contributed by atoms with E-state index in [4.69, 9.17) is 16.3 Å². The van der Waals surface area contributed by atoms with Gasteiger partial charge in [-0.2, -0.15) is 5.10 Å². The van der Waals surface area contributed by atoms with Gasteiger partial charge in [0.1, 0.15) is 10.6 Å². The van der Waals surface area contributed by atoms with Crippen LogP contribution in [-0.4, -0.2) is 31.3 Å². The molecule has 8 heteroatoms. The molecule has 2 aromatic rings. The summed E-state index contributed by atoms with van der Waals surface area (Å²) >= 11 is 6.00. The maximum Gasteiger partial charge on any atom is 0.244 e. The number of sulfonamides is 1. The van der Waals surface area contributed by atoms with Crippen LogP contribution >= 0.6 is 11.6 Å². The Balaban J connectivity index is 1.68. The van der Waals surface area contributed by atoms with Crippen LogP contribution in [0.25, 0.3) is 0 Å². The third-order valence-electron chi connectivity index (χ3n) is 3.42. The predicted octanol–water partition coefficient (Wildman–Crippen LogP) is 1.84. The highest BCUT2D eigenvalue weighted by atomic mass is 35.5. The van der Waals surface area contributed by atoms with Gasteiger partial charge in [-0.3, -0.25) is 4.68 Å². The van der Waals surface area contributed by atoms with Gasteiger partial charge in [-0.1, -0.05) is 11.6 Å². The number of halogens is 1. The molecule has 3 rings (SSSR count). The van der Waals surface area contributed by atoms with Crippen molar-refractivity contribution in [1.29, 1.82) is 0 Å². The lowest BCUT2D eigenvalue weighted by Gasteiger charge is -2.11. The molecule has 1 N–H and O–H groups in total. The molecule has 0 unspecified atom stereocenters. The second kappa shape index (κ2) is 6.28. The van der Waals surface area contributed by atoms with Crippen LogP contribution in [-0.2, 0) is 23.0 Å². The van der Waals surface area contributed by atoms with E-state index in [0.717, 1.165) is 5.56 Å². The first-order valence-electron chi connectivity index (χ1n) is 6.98. The molecule has 6 nitrogen and oxygen atoms in total. The molecule has 0 radical (unpaired) electrons. The van der Waals surface area contributed by atoms with E-state index in [2.05, 4.69) is 9.82 Å². The average Bonchev–Trinajstić information content (AvgIpc) is 3.13. The molecule has 0 aliphatic carbocycles. The van der Waals surface area contributed by atoms with Crippen LogP contribution in [0, 0.1) is 0 Å². The lowest BCUT2D eigenvalue weighted by Crippen LogP contribution is -2.26. The molecule has 0 spiro atoms. The number of hydrogen-bond donors (Lipinski definition) is 1. The predicted molar refractivity (Wildman–Crippen MR) is 82.7 cm³/mol. The second-order valence-corrected chi connectivity index (χ2v) is 7.18. The topological polar surface area (TPSA) is 73.2 Å². The van der Waals surface area contributed by atoms with Gasteiger partial charge in [0, 0.05) is 42.5 Å². The molecule has 118 valence electrons. The standard InChI is InChI=1S/C14H16ClN3O3S/c15-12-9-11-3-8-21-14(11)13(10-12)22(19,20)17-5-2-7-18-6-1-4-16-18/h1,4,6,9-10,17H,2-3,5,7-8H2. The van der Waals surface area contributed by atoms with Crippen molar-refractivity contribution in [2.45, 2.75) is 24.3 Å². The van der Waals surface area contributed by atoms with Gasteiger partial charge in [-0.25, -0.2) is 13.1 Å². The Morgan fingerprint density at radius 3 is 3.05 bits per heavy atom. The van der Waals surface area contributed by atoms with Gasteiger partial charge in [0.15, 0.2) is 0 Å². The first-order chi connectivity index (χ1) is 10.6. The first kappa shape index (κ1) is 15.3. The Morgan fingerprint density at radius 1 is 1.41 bits per heavy atom. The Morgan fingerprint density at radius 2 is 2.27 bits per heavy atom. The molecule has 0 saturated carbocycles.